The van der Waals surface area contributed by atoms with Crippen LogP contribution in [0.15, 0.2) is 120 Å². The fourth-order valence-corrected chi connectivity index (χ4v) is 4.22. The van der Waals surface area contributed by atoms with E-state index in [0.29, 0.717) is 0 Å². The molecule has 34 heavy (non-hydrogen) atoms. The molecule has 0 fully saturated rings. The molecule has 1 aromatic heterocycles. The van der Waals surface area contributed by atoms with Crippen molar-refractivity contribution in [3.63, 3.8) is 0 Å². The van der Waals surface area contributed by atoms with Gasteiger partial charge >= 0.3 is 0 Å². The van der Waals surface area contributed by atoms with E-state index in [1.807, 2.05) is 18.2 Å². The summed E-state index contributed by atoms with van der Waals surface area (Å²) in [5.41, 5.74) is 9.94. The van der Waals surface area contributed by atoms with Crippen molar-refractivity contribution in [2.45, 2.75) is 13.3 Å². The molecule has 0 aliphatic heterocycles. The van der Waals surface area contributed by atoms with Crippen LogP contribution >= 0.6 is 15.9 Å². The van der Waals surface area contributed by atoms with Gasteiger partial charge in [0.05, 0.1) is 11.4 Å². The SMILES string of the molecule is CCc1ccc(-c2cc(-c3ccc(Nc4ccccc4)cc3)cc(-c3ccc(Br)cc3)n2)cc1. The van der Waals surface area contributed by atoms with Crippen LogP contribution in [-0.4, -0.2) is 4.98 Å². The van der Waals surface area contributed by atoms with Crippen LogP contribution in [0.2, 0.25) is 0 Å². The van der Waals surface area contributed by atoms with Crippen LogP contribution in [0.25, 0.3) is 33.6 Å². The lowest BCUT2D eigenvalue weighted by Crippen LogP contribution is -1.92. The van der Waals surface area contributed by atoms with Gasteiger partial charge in [0.1, 0.15) is 0 Å². The number of aromatic nitrogens is 1. The molecule has 5 aromatic rings. The van der Waals surface area contributed by atoms with E-state index in [1.165, 1.54) is 5.56 Å². The van der Waals surface area contributed by atoms with Crippen molar-refractivity contribution in [3.05, 3.63) is 125 Å². The number of hydrogen-bond donors (Lipinski definition) is 1. The minimum atomic E-state index is 0.964. The van der Waals surface area contributed by atoms with E-state index in [4.69, 9.17) is 4.98 Å². The Morgan fingerprint density at radius 1 is 0.588 bits per heavy atom. The fraction of sp³-hybridized carbons (Fsp3) is 0.0645. The predicted molar refractivity (Wildman–Crippen MR) is 147 cm³/mol. The van der Waals surface area contributed by atoms with Gasteiger partial charge in [0.2, 0.25) is 0 Å². The molecule has 0 bridgehead atoms. The summed E-state index contributed by atoms with van der Waals surface area (Å²) in [6.07, 6.45) is 1.03. The largest absolute Gasteiger partial charge is 0.356 e. The number of aryl methyl sites for hydroxylation is 1. The third-order valence-electron chi connectivity index (χ3n) is 5.90. The lowest BCUT2D eigenvalue weighted by atomic mass is 9.99. The highest BCUT2D eigenvalue weighted by atomic mass is 79.9. The molecule has 166 valence electrons. The normalized spacial score (nSPS) is 10.8. The highest BCUT2D eigenvalue weighted by molar-refractivity contribution is 9.10. The van der Waals surface area contributed by atoms with E-state index in [0.717, 1.165) is 55.9 Å². The Labute approximate surface area is 209 Å². The molecule has 0 saturated carbocycles. The van der Waals surface area contributed by atoms with Crippen LogP contribution in [0.3, 0.4) is 0 Å². The van der Waals surface area contributed by atoms with Gasteiger partial charge in [-0.2, -0.15) is 0 Å². The number of halogens is 1. The quantitative estimate of drug-likeness (QED) is 0.249. The molecule has 0 unspecified atom stereocenters. The Morgan fingerprint density at radius 2 is 1.12 bits per heavy atom. The van der Waals surface area contributed by atoms with Crippen molar-refractivity contribution in [1.82, 2.24) is 4.98 Å². The van der Waals surface area contributed by atoms with E-state index in [2.05, 4.69) is 125 Å². The summed E-state index contributed by atoms with van der Waals surface area (Å²) < 4.78 is 1.06. The summed E-state index contributed by atoms with van der Waals surface area (Å²) in [5, 5.41) is 3.46. The first kappa shape index (κ1) is 22.1. The topological polar surface area (TPSA) is 24.9 Å². The van der Waals surface area contributed by atoms with Crippen LogP contribution < -0.4 is 5.32 Å². The molecular formula is C31H25BrN2. The molecule has 0 aliphatic carbocycles. The van der Waals surface area contributed by atoms with Crippen LogP contribution in [0.4, 0.5) is 11.4 Å². The molecule has 0 saturated heterocycles. The van der Waals surface area contributed by atoms with E-state index >= 15 is 0 Å². The molecule has 0 radical (unpaired) electrons. The van der Waals surface area contributed by atoms with E-state index < -0.39 is 0 Å². The van der Waals surface area contributed by atoms with Gasteiger partial charge in [0, 0.05) is 27.0 Å². The Hall–Kier alpha value is -3.69. The Bertz CT molecular complexity index is 1380. The van der Waals surface area contributed by atoms with Gasteiger partial charge < -0.3 is 5.32 Å². The number of para-hydroxylation sites is 1. The van der Waals surface area contributed by atoms with Gasteiger partial charge in [-0.3, -0.25) is 0 Å². The number of pyridine rings is 1. The number of anilines is 2. The van der Waals surface area contributed by atoms with Gasteiger partial charge in [0.15, 0.2) is 0 Å². The van der Waals surface area contributed by atoms with Crippen LogP contribution in [0.5, 0.6) is 0 Å². The van der Waals surface area contributed by atoms with Crippen molar-refractivity contribution in [2.75, 3.05) is 5.32 Å². The van der Waals surface area contributed by atoms with E-state index in [9.17, 15) is 0 Å². The molecule has 0 atom stereocenters. The average Bonchev–Trinajstić information content (AvgIpc) is 2.90. The summed E-state index contributed by atoms with van der Waals surface area (Å²) in [6, 6.07) is 40.2. The van der Waals surface area contributed by atoms with Crippen molar-refractivity contribution in [2.24, 2.45) is 0 Å². The summed E-state index contributed by atoms with van der Waals surface area (Å²) in [5.74, 6) is 0. The Balaban J connectivity index is 1.53. The fourth-order valence-electron chi connectivity index (χ4n) is 3.96. The minimum absolute atomic E-state index is 0.964. The summed E-state index contributed by atoms with van der Waals surface area (Å²) in [6.45, 7) is 2.18. The van der Waals surface area contributed by atoms with Gasteiger partial charge in [-0.15, -0.1) is 0 Å². The lowest BCUT2D eigenvalue weighted by molar-refractivity contribution is 1.14. The van der Waals surface area contributed by atoms with Gasteiger partial charge in [0.25, 0.3) is 0 Å². The third kappa shape index (κ3) is 5.11. The predicted octanol–water partition coefficient (Wildman–Crippen LogP) is 9.15. The summed E-state index contributed by atoms with van der Waals surface area (Å²) in [7, 11) is 0. The Morgan fingerprint density at radius 3 is 1.71 bits per heavy atom. The van der Waals surface area contributed by atoms with Gasteiger partial charge in [-0.05, 0) is 71.6 Å². The van der Waals surface area contributed by atoms with Gasteiger partial charge in [-0.1, -0.05) is 89.6 Å². The monoisotopic (exact) mass is 504 g/mol. The minimum Gasteiger partial charge on any atom is -0.356 e. The second-order valence-corrected chi connectivity index (χ2v) is 9.17. The zero-order valence-corrected chi connectivity index (χ0v) is 20.6. The van der Waals surface area contributed by atoms with Gasteiger partial charge in [-0.25, -0.2) is 4.98 Å². The zero-order valence-electron chi connectivity index (χ0n) is 19.0. The maximum atomic E-state index is 5.03. The molecule has 0 aliphatic rings. The first-order chi connectivity index (χ1) is 16.7. The molecule has 1 heterocycles. The van der Waals surface area contributed by atoms with Crippen molar-refractivity contribution in [1.29, 1.82) is 0 Å². The van der Waals surface area contributed by atoms with Crippen molar-refractivity contribution in [3.8, 4) is 33.6 Å². The molecule has 3 heteroatoms. The lowest BCUT2D eigenvalue weighted by Gasteiger charge is -2.12. The second-order valence-electron chi connectivity index (χ2n) is 8.25. The van der Waals surface area contributed by atoms with E-state index in [1.54, 1.807) is 0 Å². The van der Waals surface area contributed by atoms with Crippen LogP contribution in [0.1, 0.15) is 12.5 Å². The summed E-state index contributed by atoms with van der Waals surface area (Å²) >= 11 is 3.54. The average molecular weight is 505 g/mol. The standard InChI is InChI=1S/C31H25BrN2/c1-2-22-8-10-24(11-9-22)30-20-26(21-31(34-30)25-12-16-27(32)17-13-25)23-14-18-29(19-15-23)33-28-6-4-3-5-7-28/h3-21,33H,2H2,1H3. The number of hydrogen-bond acceptors (Lipinski definition) is 2. The van der Waals surface area contributed by atoms with Crippen molar-refractivity contribution < 1.29 is 0 Å². The van der Waals surface area contributed by atoms with Crippen molar-refractivity contribution >= 4 is 27.3 Å². The third-order valence-corrected chi connectivity index (χ3v) is 6.43. The maximum Gasteiger partial charge on any atom is 0.0715 e. The number of benzene rings is 4. The zero-order chi connectivity index (χ0) is 23.3. The first-order valence-corrected chi connectivity index (χ1v) is 12.3. The number of nitrogens with one attached hydrogen (secondary N) is 1. The second kappa shape index (κ2) is 10.1. The smallest absolute Gasteiger partial charge is 0.0715 e. The van der Waals surface area contributed by atoms with Crippen LogP contribution in [0, 0.1) is 0 Å². The molecular weight excluding hydrogens is 480 g/mol. The molecule has 0 spiro atoms. The molecule has 4 aromatic carbocycles. The highest BCUT2D eigenvalue weighted by Gasteiger charge is 2.10. The molecule has 1 N–H and O–H groups in total. The molecule has 2 nitrogen and oxygen atoms in total. The Kier molecular flexibility index (Phi) is 6.55. The molecule has 5 rings (SSSR count). The highest BCUT2D eigenvalue weighted by Crippen LogP contribution is 2.32. The molecule has 0 amide bonds. The first-order valence-electron chi connectivity index (χ1n) is 11.5. The summed E-state index contributed by atoms with van der Waals surface area (Å²) in [4.78, 5) is 5.03. The van der Waals surface area contributed by atoms with Crippen LogP contribution in [-0.2, 0) is 6.42 Å². The number of nitrogens with zero attached hydrogens (tertiary/aromatic N) is 1. The number of rotatable bonds is 6. The van der Waals surface area contributed by atoms with E-state index in [-0.39, 0.29) is 0 Å². The maximum absolute atomic E-state index is 5.03.